The summed E-state index contributed by atoms with van der Waals surface area (Å²) in [5, 5.41) is 9.83. The van der Waals surface area contributed by atoms with Crippen LogP contribution in [0.5, 0.6) is 0 Å². The van der Waals surface area contributed by atoms with Crippen molar-refractivity contribution in [2.75, 3.05) is 0 Å². The Balaban J connectivity index is 2.25. The third-order valence-electron chi connectivity index (χ3n) is 3.22. The highest BCUT2D eigenvalue weighted by molar-refractivity contribution is 14.1. The fourth-order valence-electron chi connectivity index (χ4n) is 2.00. The van der Waals surface area contributed by atoms with E-state index in [2.05, 4.69) is 29.2 Å². The van der Waals surface area contributed by atoms with Crippen LogP contribution in [-0.2, 0) is 11.2 Å². The van der Waals surface area contributed by atoms with Gasteiger partial charge in [0.05, 0.1) is 6.10 Å². The number of rotatable bonds is 10. The van der Waals surface area contributed by atoms with Gasteiger partial charge in [-0.2, -0.15) is 0 Å². The zero-order valence-electron chi connectivity index (χ0n) is 12.6. The summed E-state index contributed by atoms with van der Waals surface area (Å²) >= 11 is 8.25. The summed E-state index contributed by atoms with van der Waals surface area (Å²) < 4.78 is 0.997. The molecule has 0 aromatic heterocycles. The SMILES string of the molecule is C=C(I)CC(Cl)CCC(=O)/C=C/C(O)CCc1ccccc1. The molecule has 1 N–H and O–H groups in total. The molecular weight excluding hydrogens is 411 g/mol. The number of halogens is 2. The molecule has 2 nitrogen and oxygen atoms in total. The quantitative estimate of drug-likeness (QED) is 0.327. The standard InChI is InChI=1S/C18H22ClIO2/c1-14(20)13-16(19)8-10-18(22)12-11-17(21)9-7-15-5-3-2-4-6-15/h2-6,11-12,16-17,21H,1,7-10,13H2/b12-11+. The van der Waals surface area contributed by atoms with Crippen LogP contribution in [0.3, 0.4) is 0 Å². The lowest BCUT2D eigenvalue weighted by atomic mass is 10.1. The first-order chi connectivity index (χ1) is 10.5. The molecule has 0 amide bonds. The molecule has 2 atom stereocenters. The molecule has 0 spiro atoms. The maximum atomic E-state index is 11.7. The van der Waals surface area contributed by atoms with Crippen molar-refractivity contribution >= 4 is 40.0 Å². The van der Waals surface area contributed by atoms with Crippen molar-refractivity contribution in [3.8, 4) is 0 Å². The monoisotopic (exact) mass is 432 g/mol. The molecule has 0 heterocycles. The van der Waals surface area contributed by atoms with Gasteiger partial charge >= 0.3 is 0 Å². The Morgan fingerprint density at radius 2 is 2.00 bits per heavy atom. The largest absolute Gasteiger partial charge is 0.389 e. The lowest BCUT2D eigenvalue weighted by molar-refractivity contribution is -0.114. The molecule has 1 rings (SSSR count). The molecule has 0 aliphatic heterocycles. The first-order valence-corrected chi connectivity index (χ1v) is 8.89. The van der Waals surface area contributed by atoms with Gasteiger partial charge in [0.2, 0.25) is 0 Å². The number of allylic oxidation sites excluding steroid dienone is 2. The average Bonchev–Trinajstić information content (AvgIpc) is 2.49. The Hall–Kier alpha value is -0.650. The number of ketones is 1. The molecule has 120 valence electrons. The van der Waals surface area contributed by atoms with Gasteiger partial charge in [0.1, 0.15) is 0 Å². The molecule has 0 aliphatic rings. The van der Waals surface area contributed by atoms with Crippen LogP contribution in [0.2, 0.25) is 0 Å². The Bertz CT molecular complexity index is 499. The van der Waals surface area contributed by atoms with E-state index in [0.29, 0.717) is 19.3 Å². The maximum Gasteiger partial charge on any atom is 0.155 e. The second-order valence-electron chi connectivity index (χ2n) is 5.27. The Morgan fingerprint density at radius 3 is 2.64 bits per heavy atom. The molecule has 0 fully saturated rings. The number of hydrogen-bond acceptors (Lipinski definition) is 2. The summed E-state index contributed by atoms with van der Waals surface area (Å²) in [5.74, 6) is 0.00322. The number of hydrogen-bond donors (Lipinski definition) is 1. The van der Waals surface area contributed by atoms with E-state index in [0.717, 1.165) is 16.4 Å². The average molecular weight is 433 g/mol. The van der Waals surface area contributed by atoms with E-state index in [-0.39, 0.29) is 11.2 Å². The Kier molecular flexibility index (Phi) is 9.68. The highest BCUT2D eigenvalue weighted by atomic mass is 127. The highest BCUT2D eigenvalue weighted by Gasteiger charge is 2.08. The number of aryl methyl sites for hydroxylation is 1. The first kappa shape index (κ1) is 19.4. The van der Waals surface area contributed by atoms with Crippen molar-refractivity contribution in [2.45, 2.75) is 43.6 Å². The molecular formula is C18H22ClIO2. The van der Waals surface area contributed by atoms with Crippen molar-refractivity contribution in [3.05, 3.63) is 58.2 Å². The normalized spacial score (nSPS) is 14.0. The predicted octanol–water partition coefficient (Wildman–Crippen LogP) is 4.83. The van der Waals surface area contributed by atoms with Crippen LogP contribution < -0.4 is 0 Å². The second kappa shape index (κ2) is 11.0. The van der Waals surface area contributed by atoms with E-state index in [1.54, 1.807) is 6.08 Å². The van der Waals surface area contributed by atoms with Gasteiger partial charge in [-0.3, -0.25) is 4.79 Å². The number of carbonyl (C=O) groups excluding carboxylic acids is 1. The summed E-state index contributed by atoms with van der Waals surface area (Å²) in [4.78, 5) is 11.7. The summed E-state index contributed by atoms with van der Waals surface area (Å²) in [6.07, 6.45) is 5.61. The highest BCUT2D eigenvalue weighted by Crippen LogP contribution is 2.19. The van der Waals surface area contributed by atoms with E-state index in [1.807, 2.05) is 30.3 Å². The fourth-order valence-corrected chi connectivity index (χ4v) is 3.09. The minimum Gasteiger partial charge on any atom is -0.389 e. The Morgan fingerprint density at radius 1 is 1.32 bits per heavy atom. The van der Waals surface area contributed by atoms with Crippen molar-refractivity contribution < 1.29 is 9.90 Å². The summed E-state index contributed by atoms with van der Waals surface area (Å²) in [7, 11) is 0. The number of aliphatic hydroxyl groups excluding tert-OH is 1. The maximum absolute atomic E-state index is 11.7. The minimum absolute atomic E-state index is 0.00322. The van der Waals surface area contributed by atoms with Crippen LogP contribution in [0.15, 0.2) is 52.6 Å². The molecule has 0 saturated carbocycles. The van der Waals surface area contributed by atoms with E-state index < -0.39 is 6.10 Å². The molecule has 0 saturated heterocycles. The Labute approximate surface area is 151 Å². The number of alkyl halides is 1. The van der Waals surface area contributed by atoms with Crippen LogP contribution in [0, 0.1) is 0 Å². The van der Waals surface area contributed by atoms with E-state index >= 15 is 0 Å². The summed E-state index contributed by atoms with van der Waals surface area (Å²) in [6.45, 7) is 3.80. The number of benzene rings is 1. The van der Waals surface area contributed by atoms with E-state index in [4.69, 9.17) is 11.6 Å². The summed E-state index contributed by atoms with van der Waals surface area (Å²) in [5.41, 5.74) is 1.19. The molecule has 2 unspecified atom stereocenters. The van der Waals surface area contributed by atoms with Crippen LogP contribution >= 0.6 is 34.2 Å². The lowest BCUT2D eigenvalue weighted by Crippen LogP contribution is -2.06. The topological polar surface area (TPSA) is 37.3 Å². The van der Waals surface area contributed by atoms with Crippen molar-refractivity contribution in [2.24, 2.45) is 0 Å². The van der Waals surface area contributed by atoms with Crippen LogP contribution in [0.25, 0.3) is 0 Å². The van der Waals surface area contributed by atoms with Gasteiger partial charge in [0.15, 0.2) is 5.78 Å². The second-order valence-corrected chi connectivity index (χ2v) is 7.42. The molecule has 22 heavy (non-hydrogen) atoms. The van der Waals surface area contributed by atoms with Gasteiger partial charge in [-0.1, -0.05) is 43.0 Å². The predicted molar refractivity (Wildman–Crippen MR) is 102 cm³/mol. The third kappa shape index (κ3) is 9.38. The summed E-state index contributed by atoms with van der Waals surface area (Å²) in [6, 6.07) is 9.99. The van der Waals surface area contributed by atoms with Gasteiger partial charge < -0.3 is 5.11 Å². The van der Waals surface area contributed by atoms with E-state index in [1.165, 1.54) is 11.6 Å². The molecule has 1 aromatic rings. The van der Waals surface area contributed by atoms with Gasteiger partial charge in [0, 0.05) is 11.8 Å². The molecule has 1 aromatic carbocycles. The minimum atomic E-state index is -0.593. The van der Waals surface area contributed by atoms with Gasteiger partial charge in [-0.05, 0) is 63.5 Å². The molecule has 0 radical (unpaired) electrons. The van der Waals surface area contributed by atoms with Gasteiger partial charge in [-0.25, -0.2) is 0 Å². The zero-order valence-corrected chi connectivity index (χ0v) is 15.5. The smallest absolute Gasteiger partial charge is 0.155 e. The zero-order chi connectivity index (χ0) is 16.4. The molecule has 0 aliphatic carbocycles. The number of aliphatic hydroxyl groups is 1. The van der Waals surface area contributed by atoms with Crippen molar-refractivity contribution in [1.82, 2.24) is 0 Å². The van der Waals surface area contributed by atoms with Crippen LogP contribution in [0.4, 0.5) is 0 Å². The lowest BCUT2D eigenvalue weighted by Gasteiger charge is -2.07. The van der Waals surface area contributed by atoms with Crippen LogP contribution in [0.1, 0.15) is 31.2 Å². The number of carbonyl (C=O) groups is 1. The third-order valence-corrected chi connectivity index (χ3v) is 4.04. The first-order valence-electron chi connectivity index (χ1n) is 7.37. The van der Waals surface area contributed by atoms with Gasteiger partial charge in [0.25, 0.3) is 0 Å². The fraction of sp³-hybridized carbons (Fsp3) is 0.389. The molecule has 4 heteroatoms. The molecule has 0 bridgehead atoms. The van der Waals surface area contributed by atoms with Gasteiger partial charge in [-0.15, -0.1) is 11.6 Å². The van der Waals surface area contributed by atoms with Crippen molar-refractivity contribution in [3.63, 3.8) is 0 Å². The van der Waals surface area contributed by atoms with Crippen LogP contribution in [-0.4, -0.2) is 22.4 Å². The van der Waals surface area contributed by atoms with E-state index in [9.17, 15) is 9.90 Å². The van der Waals surface area contributed by atoms with Crippen molar-refractivity contribution in [1.29, 1.82) is 0 Å².